The van der Waals surface area contributed by atoms with E-state index in [1.54, 1.807) is 24.1 Å². The second kappa shape index (κ2) is 6.21. The highest BCUT2D eigenvalue weighted by Gasteiger charge is 2.28. The summed E-state index contributed by atoms with van der Waals surface area (Å²) in [6, 6.07) is 1.50. The maximum atomic E-state index is 12.2. The largest absolute Gasteiger partial charge is 0.481 e. The van der Waals surface area contributed by atoms with Crippen molar-refractivity contribution in [2.75, 3.05) is 18.4 Å². The van der Waals surface area contributed by atoms with E-state index in [4.69, 9.17) is 5.11 Å². The van der Waals surface area contributed by atoms with Crippen molar-refractivity contribution in [1.82, 2.24) is 9.88 Å². The number of hydrogen-bond donors (Lipinski definition) is 2. The lowest BCUT2D eigenvalue weighted by atomic mass is 9.99. The number of urea groups is 1. The smallest absolute Gasteiger partial charge is 0.321 e. The SMILES string of the molecule is Cc1ncc(Br)cc1NC(=O)N1CCCC(C(=O)O)C1. The molecule has 1 aromatic heterocycles. The van der Waals surface area contributed by atoms with Crippen molar-refractivity contribution in [2.45, 2.75) is 19.8 Å². The lowest BCUT2D eigenvalue weighted by molar-refractivity contribution is -0.143. The third-order valence-corrected chi connectivity index (χ3v) is 3.79. The van der Waals surface area contributed by atoms with E-state index in [1.807, 2.05) is 0 Å². The third-order valence-electron chi connectivity index (χ3n) is 3.35. The van der Waals surface area contributed by atoms with Gasteiger partial charge in [0.2, 0.25) is 0 Å². The van der Waals surface area contributed by atoms with Gasteiger partial charge in [-0.1, -0.05) is 0 Å². The van der Waals surface area contributed by atoms with Gasteiger partial charge in [0.1, 0.15) is 0 Å². The molecule has 6 nitrogen and oxygen atoms in total. The average molecular weight is 342 g/mol. The number of hydrogen-bond acceptors (Lipinski definition) is 3. The number of rotatable bonds is 2. The van der Waals surface area contributed by atoms with Gasteiger partial charge in [-0.05, 0) is 41.8 Å². The van der Waals surface area contributed by atoms with Crippen LogP contribution in [0.5, 0.6) is 0 Å². The van der Waals surface area contributed by atoms with E-state index in [2.05, 4.69) is 26.2 Å². The van der Waals surface area contributed by atoms with Crippen LogP contribution in [0.4, 0.5) is 10.5 Å². The lowest BCUT2D eigenvalue weighted by Crippen LogP contribution is -2.44. The minimum atomic E-state index is -0.845. The number of carboxylic acids is 1. The number of aromatic nitrogens is 1. The Hall–Kier alpha value is -1.63. The van der Waals surface area contributed by atoms with E-state index in [-0.39, 0.29) is 12.6 Å². The number of halogens is 1. The number of aliphatic carboxylic acids is 1. The Balaban J connectivity index is 2.04. The number of aryl methyl sites for hydroxylation is 1. The third kappa shape index (κ3) is 3.47. The van der Waals surface area contributed by atoms with Crippen LogP contribution in [-0.2, 0) is 4.79 Å². The zero-order chi connectivity index (χ0) is 14.7. The fourth-order valence-corrected chi connectivity index (χ4v) is 2.52. The number of likely N-dealkylation sites (tertiary alicyclic amines) is 1. The van der Waals surface area contributed by atoms with Crippen molar-refractivity contribution in [3.8, 4) is 0 Å². The Morgan fingerprint density at radius 1 is 1.55 bits per heavy atom. The average Bonchev–Trinajstić information content (AvgIpc) is 2.43. The Labute approximate surface area is 125 Å². The molecule has 108 valence electrons. The molecular formula is C13H16BrN3O3. The van der Waals surface area contributed by atoms with Gasteiger partial charge in [-0.2, -0.15) is 0 Å². The van der Waals surface area contributed by atoms with Crippen molar-refractivity contribution >= 4 is 33.6 Å². The zero-order valence-electron chi connectivity index (χ0n) is 11.1. The van der Waals surface area contributed by atoms with Gasteiger partial charge in [0.15, 0.2) is 0 Å². The molecular weight excluding hydrogens is 326 g/mol. The Bertz CT molecular complexity index is 536. The molecule has 0 spiro atoms. The number of carbonyl (C=O) groups excluding carboxylic acids is 1. The van der Waals surface area contributed by atoms with E-state index >= 15 is 0 Å². The topological polar surface area (TPSA) is 82.5 Å². The van der Waals surface area contributed by atoms with Crippen LogP contribution in [0.15, 0.2) is 16.7 Å². The van der Waals surface area contributed by atoms with Gasteiger partial charge < -0.3 is 15.3 Å². The predicted molar refractivity (Wildman–Crippen MR) is 77.6 cm³/mol. The van der Waals surface area contributed by atoms with Crippen LogP contribution >= 0.6 is 15.9 Å². The fraction of sp³-hybridized carbons (Fsp3) is 0.462. The molecule has 1 aliphatic rings. The summed E-state index contributed by atoms with van der Waals surface area (Å²) in [7, 11) is 0. The first-order chi connectivity index (χ1) is 9.47. The van der Waals surface area contributed by atoms with Gasteiger partial charge in [-0.15, -0.1) is 0 Å². The van der Waals surface area contributed by atoms with Crippen LogP contribution in [0.1, 0.15) is 18.5 Å². The second-order valence-corrected chi connectivity index (χ2v) is 5.76. The normalized spacial score (nSPS) is 18.7. The summed E-state index contributed by atoms with van der Waals surface area (Å²) < 4.78 is 0.778. The number of nitrogens with zero attached hydrogens (tertiary/aromatic N) is 2. The summed E-state index contributed by atoms with van der Waals surface area (Å²) in [4.78, 5) is 28.9. The molecule has 2 N–H and O–H groups in total. The number of anilines is 1. The van der Waals surface area contributed by atoms with Crippen LogP contribution in [0, 0.1) is 12.8 Å². The minimum absolute atomic E-state index is 0.252. The maximum absolute atomic E-state index is 12.2. The van der Waals surface area contributed by atoms with E-state index in [9.17, 15) is 9.59 Å². The molecule has 0 aliphatic carbocycles. The number of piperidine rings is 1. The summed E-state index contributed by atoms with van der Waals surface area (Å²) in [5.74, 6) is -1.32. The maximum Gasteiger partial charge on any atom is 0.321 e. The molecule has 0 saturated carbocycles. The van der Waals surface area contributed by atoms with Gasteiger partial charge >= 0.3 is 12.0 Å². The summed E-state index contributed by atoms with van der Waals surface area (Å²) in [6.07, 6.45) is 2.99. The fourth-order valence-electron chi connectivity index (χ4n) is 2.19. The molecule has 2 heterocycles. The first-order valence-electron chi connectivity index (χ1n) is 6.38. The highest BCUT2D eigenvalue weighted by Crippen LogP contribution is 2.21. The van der Waals surface area contributed by atoms with Gasteiger partial charge in [-0.3, -0.25) is 9.78 Å². The highest BCUT2D eigenvalue weighted by molar-refractivity contribution is 9.10. The van der Waals surface area contributed by atoms with Crippen molar-refractivity contribution in [3.05, 3.63) is 22.4 Å². The van der Waals surface area contributed by atoms with E-state index in [0.717, 1.165) is 4.47 Å². The van der Waals surface area contributed by atoms with Gasteiger partial charge in [0.05, 0.1) is 17.3 Å². The monoisotopic (exact) mass is 341 g/mol. The van der Waals surface area contributed by atoms with E-state index < -0.39 is 11.9 Å². The van der Waals surface area contributed by atoms with Crippen molar-refractivity contribution in [2.24, 2.45) is 5.92 Å². The second-order valence-electron chi connectivity index (χ2n) is 4.84. The molecule has 7 heteroatoms. The standard InChI is InChI=1S/C13H16BrN3O3/c1-8-11(5-10(14)6-15-8)16-13(20)17-4-2-3-9(7-17)12(18)19/h5-6,9H,2-4,7H2,1H3,(H,16,20)(H,18,19). The molecule has 1 aromatic rings. The van der Waals surface area contributed by atoms with E-state index in [0.29, 0.717) is 30.8 Å². The van der Waals surface area contributed by atoms with Gasteiger partial charge in [-0.25, -0.2) is 4.79 Å². The number of pyridine rings is 1. The summed E-state index contributed by atoms with van der Waals surface area (Å²) in [5, 5.41) is 11.8. The van der Waals surface area contributed by atoms with Crippen LogP contribution in [0.2, 0.25) is 0 Å². The van der Waals surface area contributed by atoms with Crippen molar-refractivity contribution in [1.29, 1.82) is 0 Å². The molecule has 1 atom stereocenters. The predicted octanol–water partition coefficient (Wildman–Crippen LogP) is 2.48. The number of carboxylic acid groups (broad SMARTS) is 1. The molecule has 20 heavy (non-hydrogen) atoms. The molecule has 0 radical (unpaired) electrons. The first kappa shape index (κ1) is 14.8. The Kier molecular flexibility index (Phi) is 4.59. The molecule has 2 rings (SSSR count). The molecule has 1 aliphatic heterocycles. The van der Waals surface area contributed by atoms with E-state index in [1.165, 1.54) is 0 Å². The molecule has 0 aromatic carbocycles. The minimum Gasteiger partial charge on any atom is -0.481 e. The molecule has 1 unspecified atom stereocenters. The lowest BCUT2D eigenvalue weighted by Gasteiger charge is -2.30. The van der Waals surface area contributed by atoms with Gasteiger partial charge in [0.25, 0.3) is 0 Å². The quantitative estimate of drug-likeness (QED) is 0.865. The molecule has 2 amide bonds. The van der Waals surface area contributed by atoms with Crippen molar-refractivity contribution < 1.29 is 14.7 Å². The van der Waals surface area contributed by atoms with Crippen LogP contribution in [0.3, 0.4) is 0 Å². The van der Waals surface area contributed by atoms with Crippen LogP contribution in [0.25, 0.3) is 0 Å². The Morgan fingerprint density at radius 2 is 2.30 bits per heavy atom. The van der Waals surface area contributed by atoms with Gasteiger partial charge in [0, 0.05) is 23.8 Å². The highest BCUT2D eigenvalue weighted by atomic mass is 79.9. The molecule has 1 fully saturated rings. The van der Waals surface area contributed by atoms with Crippen molar-refractivity contribution in [3.63, 3.8) is 0 Å². The number of nitrogens with one attached hydrogen (secondary N) is 1. The zero-order valence-corrected chi connectivity index (χ0v) is 12.7. The van der Waals surface area contributed by atoms with Crippen LogP contribution < -0.4 is 5.32 Å². The number of amides is 2. The summed E-state index contributed by atoms with van der Waals surface area (Å²) in [6.45, 7) is 2.63. The molecule has 1 saturated heterocycles. The summed E-state index contributed by atoms with van der Waals surface area (Å²) in [5.41, 5.74) is 1.34. The summed E-state index contributed by atoms with van der Waals surface area (Å²) >= 11 is 3.31. The van der Waals surface area contributed by atoms with Crippen LogP contribution in [-0.4, -0.2) is 40.1 Å². The first-order valence-corrected chi connectivity index (χ1v) is 7.17. The Morgan fingerprint density at radius 3 is 3.00 bits per heavy atom. The molecule has 0 bridgehead atoms. The number of carbonyl (C=O) groups is 2.